The number of nitrogens with zero attached hydrogens (tertiary/aromatic N) is 3. The predicted molar refractivity (Wildman–Crippen MR) is 58.2 cm³/mol. The first-order valence-corrected chi connectivity index (χ1v) is 4.88. The number of benzene rings is 1. The molecule has 2 N–H and O–H groups in total. The molecule has 0 fully saturated rings. The molecule has 14 heavy (non-hydrogen) atoms. The highest BCUT2D eigenvalue weighted by Gasteiger charge is 2.05. The van der Waals surface area contributed by atoms with Gasteiger partial charge in [-0.3, -0.25) is 4.57 Å². The molecule has 2 rings (SSSR count). The fourth-order valence-electron chi connectivity index (χ4n) is 1.20. The summed E-state index contributed by atoms with van der Waals surface area (Å²) < 4.78 is 2.78. The zero-order valence-corrected chi connectivity index (χ0v) is 9.19. The Bertz CT molecular complexity index is 450. The Morgan fingerprint density at radius 2 is 1.93 bits per heavy atom. The summed E-state index contributed by atoms with van der Waals surface area (Å²) in [6.45, 7) is 1.97. The number of aromatic nitrogens is 3. The first-order valence-electron chi connectivity index (χ1n) is 4.09. The molecule has 1 heterocycles. The molecule has 4 nitrogen and oxygen atoms in total. The van der Waals surface area contributed by atoms with Gasteiger partial charge in [0.2, 0.25) is 0 Å². The largest absolute Gasteiger partial charge is 0.398 e. The fraction of sp³-hybridized carbons (Fsp3) is 0.111. The van der Waals surface area contributed by atoms with Crippen molar-refractivity contribution in [3.63, 3.8) is 0 Å². The zero-order valence-electron chi connectivity index (χ0n) is 7.61. The summed E-state index contributed by atoms with van der Waals surface area (Å²) in [7, 11) is 0. The molecular weight excluding hydrogens is 244 g/mol. The lowest BCUT2D eigenvalue weighted by molar-refractivity contribution is 1.05. The van der Waals surface area contributed by atoms with Crippen molar-refractivity contribution in [2.45, 2.75) is 6.92 Å². The predicted octanol–water partition coefficient (Wildman–Crippen LogP) is 1.92. The van der Waals surface area contributed by atoms with Gasteiger partial charge in [-0.1, -0.05) is 0 Å². The molecular formula is C9H9BrN4. The number of nitrogen functional groups attached to an aromatic ring is 1. The maximum Gasteiger partial charge on any atom is 0.123 e. The Morgan fingerprint density at radius 3 is 2.57 bits per heavy atom. The van der Waals surface area contributed by atoms with Crippen molar-refractivity contribution in [2.75, 3.05) is 5.73 Å². The van der Waals surface area contributed by atoms with Crippen LogP contribution in [0.1, 0.15) is 5.56 Å². The summed E-state index contributed by atoms with van der Waals surface area (Å²) in [6, 6.07) is 3.87. The van der Waals surface area contributed by atoms with E-state index in [1.807, 2.05) is 19.1 Å². The van der Waals surface area contributed by atoms with E-state index in [2.05, 4.69) is 26.1 Å². The first-order chi connectivity index (χ1) is 6.68. The van der Waals surface area contributed by atoms with Crippen LogP contribution in [0.4, 0.5) is 5.69 Å². The van der Waals surface area contributed by atoms with Crippen LogP contribution in [0.3, 0.4) is 0 Å². The Kier molecular flexibility index (Phi) is 2.25. The molecule has 0 aliphatic carbocycles. The van der Waals surface area contributed by atoms with Crippen molar-refractivity contribution in [1.29, 1.82) is 0 Å². The van der Waals surface area contributed by atoms with E-state index in [1.165, 1.54) is 0 Å². The van der Waals surface area contributed by atoms with Crippen molar-refractivity contribution in [3.8, 4) is 5.69 Å². The lowest BCUT2D eigenvalue weighted by atomic mass is 10.2. The average molecular weight is 253 g/mol. The lowest BCUT2D eigenvalue weighted by Gasteiger charge is -2.07. The quantitative estimate of drug-likeness (QED) is 0.790. The van der Waals surface area contributed by atoms with Crippen LogP contribution in [0.5, 0.6) is 0 Å². The van der Waals surface area contributed by atoms with Gasteiger partial charge in [0.1, 0.15) is 12.7 Å². The van der Waals surface area contributed by atoms with Crippen LogP contribution in [-0.2, 0) is 0 Å². The number of rotatable bonds is 1. The van der Waals surface area contributed by atoms with Gasteiger partial charge in [0, 0.05) is 10.2 Å². The summed E-state index contributed by atoms with van der Waals surface area (Å²) >= 11 is 3.47. The van der Waals surface area contributed by atoms with Gasteiger partial charge in [-0.25, -0.2) is 0 Å². The van der Waals surface area contributed by atoms with Crippen LogP contribution in [0, 0.1) is 6.92 Å². The third kappa shape index (κ3) is 1.50. The average Bonchev–Trinajstić information content (AvgIpc) is 2.64. The summed E-state index contributed by atoms with van der Waals surface area (Å²) in [6.07, 6.45) is 3.27. The molecule has 0 radical (unpaired) electrons. The Hall–Kier alpha value is -1.36. The second kappa shape index (κ2) is 3.42. The fourth-order valence-corrected chi connectivity index (χ4v) is 1.86. The van der Waals surface area contributed by atoms with Gasteiger partial charge in [-0.2, -0.15) is 0 Å². The van der Waals surface area contributed by atoms with Crippen molar-refractivity contribution in [2.24, 2.45) is 0 Å². The molecule has 0 saturated carbocycles. The number of hydrogen-bond acceptors (Lipinski definition) is 3. The van der Waals surface area contributed by atoms with Gasteiger partial charge in [0.25, 0.3) is 0 Å². The van der Waals surface area contributed by atoms with Crippen LogP contribution in [0.15, 0.2) is 29.3 Å². The van der Waals surface area contributed by atoms with Crippen LogP contribution >= 0.6 is 15.9 Å². The maximum atomic E-state index is 5.82. The molecule has 0 aliphatic rings. The van der Waals surface area contributed by atoms with Gasteiger partial charge in [0.05, 0.1) is 5.69 Å². The number of nitrogens with two attached hydrogens (primary N) is 1. The Balaban J connectivity index is 2.60. The summed E-state index contributed by atoms with van der Waals surface area (Å²) in [5, 5.41) is 7.49. The van der Waals surface area contributed by atoms with E-state index < -0.39 is 0 Å². The second-order valence-corrected chi connectivity index (χ2v) is 3.88. The van der Waals surface area contributed by atoms with Crippen LogP contribution in [-0.4, -0.2) is 14.8 Å². The number of halogens is 1. The van der Waals surface area contributed by atoms with Gasteiger partial charge >= 0.3 is 0 Å². The summed E-state index contributed by atoms with van der Waals surface area (Å²) in [5.74, 6) is 0. The minimum absolute atomic E-state index is 0.761. The topological polar surface area (TPSA) is 56.7 Å². The van der Waals surface area contributed by atoms with E-state index in [-0.39, 0.29) is 0 Å². The highest BCUT2D eigenvalue weighted by atomic mass is 79.9. The summed E-state index contributed by atoms with van der Waals surface area (Å²) in [4.78, 5) is 0. The monoisotopic (exact) mass is 252 g/mol. The van der Waals surface area contributed by atoms with Gasteiger partial charge in [-0.15, -0.1) is 10.2 Å². The molecule has 1 aromatic heterocycles. The van der Waals surface area contributed by atoms with Gasteiger partial charge in [-0.05, 0) is 40.5 Å². The van der Waals surface area contributed by atoms with Crippen molar-refractivity contribution < 1.29 is 0 Å². The third-order valence-electron chi connectivity index (χ3n) is 2.03. The van der Waals surface area contributed by atoms with Gasteiger partial charge in [0.15, 0.2) is 0 Å². The maximum absolute atomic E-state index is 5.82. The molecule has 0 saturated heterocycles. The highest BCUT2D eigenvalue weighted by Crippen LogP contribution is 2.25. The van der Waals surface area contributed by atoms with Crippen molar-refractivity contribution >= 4 is 21.6 Å². The van der Waals surface area contributed by atoms with Gasteiger partial charge < -0.3 is 5.73 Å². The molecule has 2 aromatic rings. The molecule has 1 aromatic carbocycles. The van der Waals surface area contributed by atoms with E-state index in [0.717, 1.165) is 21.4 Å². The molecule has 72 valence electrons. The van der Waals surface area contributed by atoms with Crippen LogP contribution in [0.2, 0.25) is 0 Å². The SMILES string of the molecule is Cc1cc(Br)c(-n2cnnc2)cc1N. The van der Waals surface area contributed by atoms with E-state index in [4.69, 9.17) is 5.73 Å². The third-order valence-corrected chi connectivity index (χ3v) is 2.67. The lowest BCUT2D eigenvalue weighted by Crippen LogP contribution is -1.96. The summed E-state index contributed by atoms with van der Waals surface area (Å²) in [5.41, 5.74) is 8.57. The number of anilines is 1. The first kappa shape index (κ1) is 9.21. The van der Waals surface area contributed by atoms with Crippen molar-refractivity contribution in [1.82, 2.24) is 14.8 Å². The van der Waals surface area contributed by atoms with Crippen LogP contribution < -0.4 is 5.73 Å². The van der Waals surface area contributed by atoms with Crippen LogP contribution in [0.25, 0.3) is 5.69 Å². The van der Waals surface area contributed by atoms with E-state index in [0.29, 0.717) is 0 Å². The molecule has 0 spiro atoms. The standard InChI is InChI=1S/C9H9BrN4/c1-6-2-7(10)9(3-8(6)11)14-4-12-13-5-14/h2-5H,11H2,1H3. The number of aryl methyl sites for hydroxylation is 1. The normalized spacial score (nSPS) is 10.4. The smallest absolute Gasteiger partial charge is 0.123 e. The minimum Gasteiger partial charge on any atom is -0.398 e. The molecule has 0 aliphatic heterocycles. The Labute approximate surface area is 89.9 Å². The Morgan fingerprint density at radius 1 is 1.29 bits per heavy atom. The molecule has 5 heteroatoms. The molecule has 0 amide bonds. The minimum atomic E-state index is 0.761. The second-order valence-electron chi connectivity index (χ2n) is 3.03. The van der Waals surface area contributed by atoms with E-state index >= 15 is 0 Å². The van der Waals surface area contributed by atoms with E-state index in [1.54, 1.807) is 17.2 Å². The highest BCUT2D eigenvalue weighted by molar-refractivity contribution is 9.10. The number of hydrogen-bond donors (Lipinski definition) is 1. The van der Waals surface area contributed by atoms with E-state index in [9.17, 15) is 0 Å². The molecule has 0 atom stereocenters. The molecule has 0 unspecified atom stereocenters. The van der Waals surface area contributed by atoms with Crippen molar-refractivity contribution in [3.05, 3.63) is 34.8 Å². The zero-order chi connectivity index (χ0) is 10.1. The molecule has 0 bridgehead atoms.